The Morgan fingerprint density at radius 1 is 1.44 bits per heavy atom. The van der Waals surface area contributed by atoms with Gasteiger partial charge in [0.2, 0.25) is 0 Å². The molecule has 1 unspecified atom stereocenters. The first kappa shape index (κ1) is 14.6. The molecule has 0 saturated carbocycles. The van der Waals surface area contributed by atoms with Crippen molar-refractivity contribution in [1.29, 1.82) is 0 Å². The van der Waals surface area contributed by atoms with Crippen LogP contribution >= 0.6 is 0 Å². The molecular formula is C12H19N3O2S. The standard InChI is InChI=1S/C12H19N3O2S/c1-15(2)12(16)10-5-6-11(14-9-10)13-7-4-8-18(3)17/h5-6,9H,4,7-8H2,1-3H3,(H,13,14). The number of nitrogens with one attached hydrogen (secondary N) is 1. The van der Waals surface area contributed by atoms with E-state index < -0.39 is 10.8 Å². The van der Waals surface area contributed by atoms with Gasteiger partial charge < -0.3 is 10.2 Å². The van der Waals surface area contributed by atoms with E-state index in [1.807, 2.05) is 0 Å². The molecule has 1 amide bonds. The first-order valence-electron chi connectivity index (χ1n) is 5.72. The van der Waals surface area contributed by atoms with Gasteiger partial charge in [0.1, 0.15) is 5.82 Å². The number of anilines is 1. The lowest BCUT2D eigenvalue weighted by Crippen LogP contribution is -2.21. The normalized spacial score (nSPS) is 11.9. The quantitative estimate of drug-likeness (QED) is 0.782. The third-order valence-corrected chi connectivity index (χ3v) is 3.19. The highest BCUT2D eigenvalue weighted by Crippen LogP contribution is 2.06. The molecule has 0 radical (unpaired) electrons. The zero-order valence-corrected chi connectivity index (χ0v) is 11.8. The van der Waals surface area contributed by atoms with Gasteiger partial charge in [-0.05, 0) is 18.6 Å². The molecule has 0 aliphatic rings. The highest BCUT2D eigenvalue weighted by atomic mass is 32.2. The summed E-state index contributed by atoms with van der Waals surface area (Å²) in [4.78, 5) is 17.3. The van der Waals surface area contributed by atoms with E-state index in [0.29, 0.717) is 11.3 Å². The summed E-state index contributed by atoms with van der Waals surface area (Å²) in [6.07, 6.45) is 4.09. The lowest BCUT2D eigenvalue weighted by Gasteiger charge is -2.10. The van der Waals surface area contributed by atoms with Crippen LogP contribution in [0.1, 0.15) is 16.8 Å². The third kappa shape index (κ3) is 4.83. The molecule has 0 fully saturated rings. The molecule has 1 atom stereocenters. The SMILES string of the molecule is CN(C)C(=O)c1ccc(NCCCS(C)=O)nc1. The number of carbonyl (C=O) groups is 1. The van der Waals surface area contributed by atoms with Crippen LogP contribution in [0.4, 0.5) is 5.82 Å². The van der Waals surface area contributed by atoms with Crippen LogP contribution in [0.3, 0.4) is 0 Å². The first-order valence-corrected chi connectivity index (χ1v) is 7.45. The fourth-order valence-corrected chi connectivity index (χ4v) is 1.93. The smallest absolute Gasteiger partial charge is 0.254 e. The summed E-state index contributed by atoms with van der Waals surface area (Å²) < 4.78 is 10.9. The van der Waals surface area contributed by atoms with Gasteiger partial charge in [-0.15, -0.1) is 0 Å². The van der Waals surface area contributed by atoms with Crippen LogP contribution < -0.4 is 5.32 Å². The summed E-state index contributed by atoms with van der Waals surface area (Å²) in [6, 6.07) is 3.52. The fraction of sp³-hybridized carbons (Fsp3) is 0.500. The van der Waals surface area contributed by atoms with E-state index in [4.69, 9.17) is 0 Å². The first-order chi connectivity index (χ1) is 8.50. The molecule has 1 aromatic heterocycles. The zero-order chi connectivity index (χ0) is 13.5. The summed E-state index contributed by atoms with van der Waals surface area (Å²) in [7, 11) is 2.67. The zero-order valence-electron chi connectivity index (χ0n) is 11.0. The minimum atomic E-state index is -0.749. The van der Waals surface area contributed by atoms with E-state index in [2.05, 4.69) is 10.3 Å². The largest absolute Gasteiger partial charge is 0.370 e. The van der Waals surface area contributed by atoms with E-state index in [1.54, 1.807) is 38.7 Å². The maximum atomic E-state index is 11.6. The maximum Gasteiger partial charge on any atom is 0.254 e. The van der Waals surface area contributed by atoms with Crippen molar-refractivity contribution in [3.8, 4) is 0 Å². The van der Waals surface area contributed by atoms with Gasteiger partial charge in [-0.25, -0.2) is 4.98 Å². The molecule has 5 nitrogen and oxygen atoms in total. The van der Waals surface area contributed by atoms with E-state index in [1.165, 1.54) is 4.90 Å². The van der Waals surface area contributed by atoms with Crippen molar-refractivity contribution < 1.29 is 9.00 Å². The van der Waals surface area contributed by atoms with Crippen molar-refractivity contribution in [2.45, 2.75) is 6.42 Å². The van der Waals surface area contributed by atoms with Crippen LogP contribution in [0.15, 0.2) is 18.3 Å². The lowest BCUT2D eigenvalue weighted by atomic mass is 10.2. The number of amides is 1. The molecule has 0 bridgehead atoms. The number of nitrogens with zero attached hydrogens (tertiary/aromatic N) is 2. The molecule has 0 aliphatic carbocycles. The summed E-state index contributed by atoms with van der Waals surface area (Å²) in [5, 5.41) is 3.12. The van der Waals surface area contributed by atoms with Crippen molar-refractivity contribution in [3.05, 3.63) is 23.9 Å². The fourth-order valence-electron chi connectivity index (χ4n) is 1.38. The van der Waals surface area contributed by atoms with Crippen molar-refractivity contribution in [3.63, 3.8) is 0 Å². The van der Waals surface area contributed by atoms with Gasteiger partial charge in [0.25, 0.3) is 5.91 Å². The van der Waals surface area contributed by atoms with E-state index >= 15 is 0 Å². The molecule has 0 aliphatic heterocycles. The number of carbonyl (C=O) groups excluding carboxylic acids is 1. The Balaban J connectivity index is 2.45. The molecular weight excluding hydrogens is 250 g/mol. The van der Waals surface area contributed by atoms with E-state index in [-0.39, 0.29) is 5.91 Å². The molecule has 1 heterocycles. The maximum absolute atomic E-state index is 11.6. The summed E-state index contributed by atoms with van der Waals surface area (Å²) in [5.74, 6) is 1.35. The van der Waals surface area contributed by atoms with E-state index in [9.17, 15) is 9.00 Å². The number of hydrogen-bond acceptors (Lipinski definition) is 4. The monoisotopic (exact) mass is 269 g/mol. The summed E-state index contributed by atoms with van der Waals surface area (Å²) in [5.41, 5.74) is 0.570. The number of pyridine rings is 1. The van der Waals surface area contributed by atoms with Gasteiger partial charge in [-0.1, -0.05) is 0 Å². The van der Waals surface area contributed by atoms with Gasteiger partial charge in [0.15, 0.2) is 0 Å². The second kappa shape index (κ2) is 7.10. The van der Waals surface area contributed by atoms with Crippen LogP contribution in [-0.2, 0) is 10.8 Å². The van der Waals surface area contributed by atoms with Gasteiger partial charge in [-0.3, -0.25) is 9.00 Å². The van der Waals surface area contributed by atoms with Crippen LogP contribution in [0.5, 0.6) is 0 Å². The van der Waals surface area contributed by atoms with Crippen LogP contribution in [0, 0.1) is 0 Å². The Labute approximate surface area is 110 Å². The lowest BCUT2D eigenvalue weighted by molar-refractivity contribution is 0.0827. The molecule has 1 aromatic rings. The summed E-state index contributed by atoms with van der Waals surface area (Å²) >= 11 is 0. The number of aromatic nitrogens is 1. The van der Waals surface area contributed by atoms with E-state index in [0.717, 1.165) is 18.8 Å². The predicted molar refractivity (Wildman–Crippen MR) is 74.3 cm³/mol. The topological polar surface area (TPSA) is 62.3 Å². The summed E-state index contributed by atoms with van der Waals surface area (Å²) in [6.45, 7) is 0.730. The molecule has 100 valence electrons. The van der Waals surface area contributed by atoms with Crippen molar-refractivity contribution in [1.82, 2.24) is 9.88 Å². The van der Waals surface area contributed by atoms with Gasteiger partial charge >= 0.3 is 0 Å². The predicted octanol–water partition coefficient (Wildman–Crippen LogP) is 0.964. The molecule has 0 aromatic carbocycles. The van der Waals surface area contributed by atoms with Crippen molar-refractivity contribution in [2.75, 3.05) is 38.0 Å². The van der Waals surface area contributed by atoms with Crippen molar-refractivity contribution in [2.24, 2.45) is 0 Å². The third-order valence-electron chi connectivity index (χ3n) is 2.33. The van der Waals surface area contributed by atoms with Gasteiger partial charge in [-0.2, -0.15) is 0 Å². The Morgan fingerprint density at radius 2 is 2.17 bits per heavy atom. The highest BCUT2D eigenvalue weighted by Gasteiger charge is 2.07. The molecule has 1 rings (SSSR count). The van der Waals surface area contributed by atoms with Crippen LogP contribution in [-0.4, -0.2) is 52.6 Å². The number of hydrogen-bond donors (Lipinski definition) is 1. The second-order valence-electron chi connectivity index (χ2n) is 4.19. The molecule has 1 N–H and O–H groups in total. The Kier molecular flexibility index (Phi) is 5.77. The van der Waals surface area contributed by atoms with Crippen LogP contribution in [0.2, 0.25) is 0 Å². The average Bonchev–Trinajstić information content (AvgIpc) is 2.34. The second-order valence-corrected chi connectivity index (χ2v) is 5.74. The minimum absolute atomic E-state index is 0.0598. The van der Waals surface area contributed by atoms with Gasteiger partial charge in [0.05, 0.1) is 5.56 Å². The molecule has 18 heavy (non-hydrogen) atoms. The Morgan fingerprint density at radius 3 is 2.67 bits per heavy atom. The minimum Gasteiger partial charge on any atom is -0.370 e. The highest BCUT2D eigenvalue weighted by molar-refractivity contribution is 7.84. The van der Waals surface area contributed by atoms with Crippen LogP contribution in [0.25, 0.3) is 0 Å². The molecule has 0 saturated heterocycles. The van der Waals surface area contributed by atoms with Crippen molar-refractivity contribution >= 4 is 22.5 Å². The average molecular weight is 269 g/mol. The number of rotatable bonds is 6. The Hall–Kier alpha value is -1.43. The molecule has 6 heteroatoms. The molecule has 0 spiro atoms. The van der Waals surface area contributed by atoms with Gasteiger partial charge in [0, 0.05) is 49.6 Å². The Bertz CT molecular complexity index is 418.